The van der Waals surface area contributed by atoms with Gasteiger partial charge in [-0.1, -0.05) is 13.8 Å². The lowest BCUT2D eigenvalue weighted by Crippen LogP contribution is -2.56. The molecule has 7 N–H and O–H groups in total. The number of carboxylic acids is 1. The van der Waals surface area contributed by atoms with E-state index in [2.05, 4.69) is 20.6 Å². The minimum atomic E-state index is -1.28. The summed E-state index contributed by atoms with van der Waals surface area (Å²) < 4.78 is 0. The Morgan fingerprint density at radius 2 is 1.88 bits per heavy atom. The van der Waals surface area contributed by atoms with E-state index in [0.717, 1.165) is 0 Å². The predicted molar refractivity (Wildman–Crippen MR) is 88.3 cm³/mol. The molecular formula is C15H25N5O5. The van der Waals surface area contributed by atoms with Crippen molar-refractivity contribution in [3.8, 4) is 0 Å². The summed E-state index contributed by atoms with van der Waals surface area (Å²) in [5.41, 5.74) is 6.41. The van der Waals surface area contributed by atoms with Gasteiger partial charge in [-0.05, 0) is 12.3 Å². The number of nitrogens with zero attached hydrogens (tertiary/aromatic N) is 1. The van der Waals surface area contributed by atoms with E-state index in [4.69, 9.17) is 10.8 Å². The van der Waals surface area contributed by atoms with Crippen LogP contribution in [-0.2, 0) is 20.8 Å². The van der Waals surface area contributed by atoms with Gasteiger partial charge in [-0.15, -0.1) is 0 Å². The second-order valence-corrected chi connectivity index (χ2v) is 6.16. The van der Waals surface area contributed by atoms with Crippen molar-refractivity contribution in [1.29, 1.82) is 0 Å². The molecule has 0 spiro atoms. The average molecular weight is 355 g/mol. The number of amides is 2. The Kier molecular flexibility index (Phi) is 8.02. The highest BCUT2D eigenvalue weighted by Crippen LogP contribution is 2.05. The molecule has 1 rings (SSSR count). The van der Waals surface area contributed by atoms with Gasteiger partial charge < -0.3 is 31.6 Å². The molecule has 0 aliphatic rings. The zero-order chi connectivity index (χ0) is 19.0. The number of aliphatic carboxylic acids is 1. The summed E-state index contributed by atoms with van der Waals surface area (Å²) in [6, 6.07) is -3.33. The maximum atomic E-state index is 12.1. The molecule has 25 heavy (non-hydrogen) atoms. The molecule has 0 saturated heterocycles. The van der Waals surface area contributed by atoms with Crippen LogP contribution in [-0.4, -0.2) is 62.7 Å². The van der Waals surface area contributed by atoms with Crippen molar-refractivity contribution in [1.82, 2.24) is 20.6 Å². The molecule has 0 aliphatic carbocycles. The summed E-state index contributed by atoms with van der Waals surface area (Å²) >= 11 is 0. The standard InChI is InChI=1S/C15H25N5O5/c1-8(2)3-11(15(24)25)19-14(23)12(6-21)20-13(22)10(16)4-9-5-17-7-18-9/h5,7-8,10-12,21H,3-4,6,16H2,1-2H3,(H,17,18)(H,19,23)(H,20,22)(H,24,25)/t10-,11+,12-/m1/s1. The molecule has 140 valence electrons. The lowest BCUT2D eigenvalue weighted by atomic mass is 10.0. The SMILES string of the molecule is CC(C)C[C@H](NC(=O)[C@@H](CO)NC(=O)[C@H](N)Cc1cnc[nH]1)C(=O)O. The topological polar surface area (TPSA) is 170 Å². The minimum Gasteiger partial charge on any atom is -0.480 e. The first kappa shape index (κ1) is 20.6. The van der Waals surface area contributed by atoms with Gasteiger partial charge in [0.15, 0.2) is 0 Å². The van der Waals surface area contributed by atoms with Crippen LogP contribution in [0.4, 0.5) is 0 Å². The van der Waals surface area contributed by atoms with Crippen molar-refractivity contribution in [2.75, 3.05) is 6.61 Å². The van der Waals surface area contributed by atoms with E-state index in [1.165, 1.54) is 12.5 Å². The molecule has 0 fully saturated rings. The van der Waals surface area contributed by atoms with Crippen LogP contribution in [0, 0.1) is 5.92 Å². The van der Waals surface area contributed by atoms with Crippen LogP contribution in [0.15, 0.2) is 12.5 Å². The summed E-state index contributed by atoms with van der Waals surface area (Å²) in [5, 5.41) is 23.1. The van der Waals surface area contributed by atoms with E-state index in [9.17, 15) is 19.5 Å². The predicted octanol–water partition coefficient (Wildman–Crippen LogP) is -1.63. The first-order chi connectivity index (χ1) is 11.7. The molecule has 2 amide bonds. The van der Waals surface area contributed by atoms with Crippen LogP contribution in [0.25, 0.3) is 0 Å². The van der Waals surface area contributed by atoms with Gasteiger partial charge in [0.2, 0.25) is 11.8 Å². The number of nitrogens with two attached hydrogens (primary N) is 1. The van der Waals surface area contributed by atoms with Crippen molar-refractivity contribution in [3.63, 3.8) is 0 Å². The van der Waals surface area contributed by atoms with Gasteiger partial charge in [-0.2, -0.15) is 0 Å². The summed E-state index contributed by atoms with van der Waals surface area (Å²) in [4.78, 5) is 42.0. The number of hydrogen-bond donors (Lipinski definition) is 6. The van der Waals surface area contributed by atoms with Crippen LogP contribution in [0.5, 0.6) is 0 Å². The Morgan fingerprint density at radius 1 is 1.24 bits per heavy atom. The smallest absolute Gasteiger partial charge is 0.326 e. The van der Waals surface area contributed by atoms with Crippen molar-refractivity contribution in [2.24, 2.45) is 11.7 Å². The zero-order valence-electron chi connectivity index (χ0n) is 14.2. The zero-order valence-corrected chi connectivity index (χ0v) is 14.2. The Labute approximate surface area is 145 Å². The number of carbonyl (C=O) groups excluding carboxylic acids is 2. The number of H-pyrrole nitrogens is 1. The van der Waals surface area contributed by atoms with Gasteiger partial charge in [0.1, 0.15) is 12.1 Å². The van der Waals surface area contributed by atoms with Crippen molar-refractivity contribution < 1.29 is 24.6 Å². The maximum absolute atomic E-state index is 12.1. The third-order valence-corrected chi connectivity index (χ3v) is 3.47. The number of rotatable bonds is 10. The number of aromatic amines is 1. The summed E-state index contributed by atoms with van der Waals surface area (Å²) in [6.45, 7) is 2.96. The molecule has 0 bridgehead atoms. The van der Waals surface area contributed by atoms with Crippen molar-refractivity contribution in [2.45, 2.75) is 44.8 Å². The van der Waals surface area contributed by atoms with E-state index >= 15 is 0 Å². The first-order valence-electron chi connectivity index (χ1n) is 7.91. The van der Waals surface area contributed by atoms with Gasteiger partial charge in [0, 0.05) is 18.3 Å². The van der Waals surface area contributed by atoms with Gasteiger partial charge >= 0.3 is 5.97 Å². The molecule has 0 radical (unpaired) electrons. The molecule has 0 aromatic carbocycles. The first-order valence-corrected chi connectivity index (χ1v) is 7.91. The van der Waals surface area contributed by atoms with Crippen LogP contribution < -0.4 is 16.4 Å². The largest absolute Gasteiger partial charge is 0.480 e. The van der Waals surface area contributed by atoms with Crippen molar-refractivity contribution >= 4 is 17.8 Å². The fourth-order valence-corrected chi connectivity index (χ4v) is 2.16. The number of aliphatic hydroxyl groups excluding tert-OH is 1. The molecule has 1 aromatic heterocycles. The number of nitrogens with one attached hydrogen (secondary N) is 3. The number of imidazole rings is 1. The maximum Gasteiger partial charge on any atom is 0.326 e. The third-order valence-electron chi connectivity index (χ3n) is 3.47. The number of carbonyl (C=O) groups is 3. The quantitative estimate of drug-likeness (QED) is 0.292. The van der Waals surface area contributed by atoms with E-state index in [-0.39, 0.29) is 18.8 Å². The molecule has 10 nitrogen and oxygen atoms in total. The second-order valence-electron chi connectivity index (χ2n) is 6.16. The highest BCUT2D eigenvalue weighted by molar-refractivity contribution is 5.91. The lowest BCUT2D eigenvalue weighted by Gasteiger charge is -2.22. The minimum absolute atomic E-state index is 0.0476. The Bertz CT molecular complexity index is 575. The normalized spacial score (nSPS) is 14.6. The van der Waals surface area contributed by atoms with Gasteiger partial charge in [0.05, 0.1) is 19.0 Å². The Morgan fingerprint density at radius 3 is 2.36 bits per heavy atom. The highest BCUT2D eigenvalue weighted by atomic mass is 16.4. The fourth-order valence-electron chi connectivity index (χ4n) is 2.16. The van der Waals surface area contributed by atoms with Crippen molar-refractivity contribution in [3.05, 3.63) is 18.2 Å². The van der Waals surface area contributed by atoms with E-state index in [1.54, 1.807) is 0 Å². The molecule has 1 aromatic rings. The summed E-state index contributed by atoms with van der Waals surface area (Å²) in [5.74, 6) is -2.55. The fraction of sp³-hybridized carbons (Fsp3) is 0.600. The van der Waals surface area contributed by atoms with Crippen LogP contribution in [0.1, 0.15) is 26.0 Å². The van der Waals surface area contributed by atoms with E-state index < -0.39 is 42.5 Å². The molecular weight excluding hydrogens is 330 g/mol. The molecule has 1 heterocycles. The van der Waals surface area contributed by atoms with Crippen LogP contribution in [0.3, 0.4) is 0 Å². The summed E-state index contributed by atoms with van der Waals surface area (Å²) in [7, 11) is 0. The average Bonchev–Trinajstić information content (AvgIpc) is 3.03. The summed E-state index contributed by atoms with van der Waals surface area (Å²) in [6.07, 6.45) is 3.38. The van der Waals surface area contributed by atoms with Gasteiger partial charge in [-0.25, -0.2) is 9.78 Å². The number of hydrogen-bond acceptors (Lipinski definition) is 6. The number of aromatic nitrogens is 2. The highest BCUT2D eigenvalue weighted by Gasteiger charge is 2.28. The Balaban J connectivity index is 2.62. The van der Waals surface area contributed by atoms with Gasteiger partial charge in [-0.3, -0.25) is 9.59 Å². The lowest BCUT2D eigenvalue weighted by molar-refractivity contribution is -0.143. The second kappa shape index (κ2) is 9.74. The molecule has 0 unspecified atom stereocenters. The van der Waals surface area contributed by atoms with Crippen LogP contribution in [0.2, 0.25) is 0 Å². The van der Waals surface area contributed by atoms with E-state index in [0.29, 0.717) is 5.69 Å². The monoisotopic (exact) mass is 355 g/mol. The molecule has 0 saturated carbocycles. The number of aliphatic hydroxyl groups is 1. The molecule has 0 aliphatic heterocycles. The number of carboxylic acid groups (broad SMARTS) is 1. The van der Waals surface area contributed by atoms with Crippen LogP contribution >= 0.6 is 0 Å². The molecule has 3 atom stereocenters. The van der Waals surface area contributed by atoms with E-state index in [1.807, 2.05) is 13.8 Å². The Hall–Kier alpha value is -2.46. The van der Waals surface area contributed by atoms with Gasteiger partial charge in [0.25, 0.3) is 0 Å². The molecule has 10 heteroatoms. The third kappa shape index (κ3) is 6.89.